The van der Waals surface area contributed by atoms with E-state index in [1.54, 1.807) is 53.9 Å². The molecule has 146 valence electrons. The minimum atomic E-state index is -1.11. The Bertz CT molecular complexity index is 1100. The third-order valence-corrected chi connectivity index (χ3v) is 6.18. The van der Waals surface area contributed by atoms with Crippen molar-refractivity contribution >= 4 is 46.3 Å². The number of nitriles is 1. The Labute approximate surface area is 181 Å². The van der Waals surface area contributed by atoms with Gasteiger partial charge in [-0.15, -0.1) is 11.3 Å². The number of carboxylic acids is 1. The first-order valence-corrected chi connectivity index (χ1v) is 10.3. The van der Waals surface area contributed by atoms with E-state index < -0.39 is 11.9 Å². The van der Waals surface area contributed by atoms with E-state index in [1.807, 2.05) is 6.07 Å². The zero-order valence-electron chi connectivity index (χ0n) is 15.1. The summed E-state index contributed by atoms with van der Waals surface area (Å²) in [6.45, 7) is 0. The van der Waals surface area contributed by atoms with Crippen molar-refractivity contribution in [3.05, 3.63) is 80.6 Å². The maximum absolute atomic E-state index is 12.8. The summed E-state index contributed by atoms with van der Waals surface area (Å²) in [5.41, 5.74) is 1.90. The first-order valence-electron chi connectivity index (χ1n) is 8.66. The smallest absolute Gasteiger partial charge is 0.337 e. The summed E-state index contributed by atoms with van der Waals surface area (Å²) in [7, 11) is 0. The topological polar surface area (TPSA) is 78.2 Å². The summed E-state index contributed by atoms with van der Waals surface area (Å²) < 4.78 is 0. The third kappa shape index (κ3) is 4.86. The second-order valence-electron chi connectivity index (χ2n) is 6.40. The summed E-state index contributed by atoms with van der Waals surface area (Å²) in [4.78, 5) is 25.2. The Balaban J connectivity index is 1.86. The lowest BCUT2D eigenvalue weighted by Gasteiger charge is -2.10. The van der Waals surface area contributed by atoms with Gasteiger partial charge in [-0.3, -0.25) is 4.79 Å². The highest BCUT2D eigenvalue weighted by molar-refractivity contribution is 7.14. The van der Waals surface area contributed by atoms with Crippen LogP contribution in [0.15, 0.2) is 53.9 Å². The molecule has 1 aromatic heterocycles. The predicted molar refractivity (Wildman–Crippen MR) is 115 cm³/mol. The van der Waals surface area contributed by atoms with E-state index >= 15 is 0 Å². The number of aromatic carboxylic acids is 1. The van der Waals surface area contributed by atoms with Gasteiger partial charge in [-0.05, 0) is 46.7 Å². The first-order chi connectivity index (χ1) is 13.9. The summed E-state index contributed by atoms with van der Waals surface area (Å²) in [6.07, 6.45) is 0.0555. The van der Waals surface area contributed by atoms with Crippen LogP contribution in [0.4, 0.5) is 0 Å². The van der Waals surface area contributed by atoms with E-state index in [0.717, 1.165) is 0 Å². The fourth-order valence-corrected chi connectivity index (χ4v) is 4.41. The minimum absolute atomic E-state index is 0.0834. The van der Waals surface area contributed by atoms with Crippen LogP contribution in [0.25, 0.3) is 10.4 Å². The monoisotopic (exact) mass is 443 g/mol. The van der Waals surface area contributed by atoms with Crippen molar-refractivity contribution in [3.63, 3.8) is 0 Å². The van der Waals surface area contributed by atoms with Gasteiger partial charge in [-0.25, -0.2) is 4.79 Å². The Morgan fingerprint density at radius 2 is 1.76 bits per heavy atom. The number of Topliss-reactive ketones (excluding diaryl/α,β-unsaturated/α-hetero) is 1. The SMILES string of the molecule is N#CC(Cc1ccccc1Cl)C(=O)Cc1csc(-c2ccc(Cl)cc2)c1C(=O)O. The lowest BCUT2D eigenvalue weighted by Crippen LogP contribution is -2.19. The number of benzene rings is 2. The van der Waals surface area contributed by atoms with Gasteiger partial charge < -0.3 is 5.11 Å². The Kier molecular flexibility index (Phi) is 6.71. The quantitative estimate of drug-likeness (QED) is 0.491. The number of halogens is 2. The first kappa shape index (κ1) is 21.1. The normalized spacial score (nSPS) is 11.6. The highest BCUT2D eigenvalue weighted by Crippen LogP contribution is 2.34. The van der Waals surface area contributed by atoms with E-state index in [-0.39, 0.29) is 24.2 Å². The maximum Gasteiger partial charge on any atom is 0.337 e. The molecule has 1 unspecified atom stereocenters. The largest absolute Gasteiger partial charge is 0.478 e. The Morgan fingerprint density at radius 1 is 1.07 bits per heavy atom. The molecule has 7 heteroatoms. The molecule has 1 N–H and O–H groups in total. The van der Waals surface area contributed by atoms with Crippen LogP contribution in [-0.4, -0.2) is 16.9 Å². The molecule has 0 aliphatic heterocycles. The molecular weight excluding hydrogens is 429 g/mol. The van der Waals surface area contributed by atoms with Crippen molar-refractivity contribution in [2.24, 2.45) is 5.92 Å². The lowest BCUT2D eigenvalue weighted by molar-refractivity contribution is -0.120. The molecule has 0 aliphatic rings. The molecule has 3 aromatic rings. The van der Waals surface area contributed by atoms with Gasteiger partial charge in [0.25, 0.3) is 0 Å². The lowest BCUT2D eigenvalue weighted by atomic mass is 9.92. The van der Waals surface area contributed by atoms with Crippen LogP contribution in [0.5, 0.6) is 0 Å². The zero-order chi connectivity index (χ0) is 21.0. The average Bonchev–Trinajstić information content (AvgIpc) is 3.11. The standard InChI is InChI=1S/C22H15Cl2NO3S/c23-17-7-5-13(6-8-17)21-20(22(27)28)16(12-29-21)10-19(26)15(11-25)9-14-3-1-2-4-18(14)24/h1-8,12,15H,9-10H2,(H,27,28). The molecule has 1 heterocycles. The summed E-state index contributed by atoms with van der Waals surface area (Å²) in [6, 6.07) is 15.9. The number of hydrogen-bond acceptors (Lipinski definition) is 4. The van der Waals surface area contributed by atoms with Gasteiger partial charge in [0, 0.05) is 21.3 Å². The number of carbonyl (C=O) groups is 2. The van der Waals surface area contributed by atoms with Gasteiger partial charge in [0.1, 0.15) is 5.92 Å². The molecule has 0 aliphatic carbocycles. The van der Waals surface area contributed by atoms with Gasteiger partial charge in [-0.1, -0.05) is 53.5 Å². The minimum Gasteiger partial charge on any atom is -0.478 e. The molecule has 0 saturated carbocycles. The van der Waals surface area contributed by atoms with E-state index in [4.69, 9.17) is 23.2 Å². The molecule has 3 rings (SSSR count). The summed E-state index contributed by atoms with van der Waals surface area (Å²) in [5, 5.41) is 21.9. The molecular formula is C22H15Cl2NO3S. The van der Waals surface area contributed by atoms with Crippen molar-refractivity contribution in [2.75, 3.05) is 0 Å². The van der Waals surface area contributed by atoms with Crippen LogP contribution in [0.2, 0.25) is 10.0 Å². The van der Waals surface area contributed by atoms with Gasteiger partial charge in [0.05, 0.1) is 11.6 Å². The van der Waals surface area contributed by atoms with E-state index in [1.165, 1.54) is 11.3 Å². The maximum atomic E-state index is 12.8. The van der Waals surface area contributed by atoms with Crippen LogP contribution in [-0.2, 0) is 17.6 Å². The number of nitrogens with zero attached hydrogens (tertiary/aromatic N) is 1. The number of rotatable bonds is 7. The molecule has 29 heavy (non-hydrogen) atoms. The molecule has 0 fully saturated rings. The Hall–Kier alpha value is -2.65. The average molecular weight is 444 g/mol. The number of ketones is 1. The van der Waals surface area contributed by atoms with Gasteiger partial charge in [0.2, 0.25) is 0 Å². The van der Waals surface area contributed by atoms with Gasteiger partial charge in [0.15, 0.2) is 5.78 Å². The van der Waals surface area contributed by atoms with Crippen LogP contribution < -0.4 is 0 Å². The van der Waals surface area contributed by atoms with Crippen molar-refractivity contribution < 1.29 is 14.7 Å². The van der Waals surface area contributed by atoms with Crippen LogP contribution in [0.3, 0.4) is 0 Å². The molecule has 4 nitrogen and oxygen atoms in total. The highest BCUT2D eigenvalue weighted by Gasteiger charge is 2.25. The summed E-state index contributed by atoms with van der Waals surface area (Å²) >= 11 is 13.3. The Morgan fingerprint density at radius 3 is 2.38 bits per heavy atom. The highest BCUT2D eigenvalue weighted by atomic mass is 35.5. The van der Waals surface area contributed by atoms with Crippen molar-refractivity contribution in [1.29, 1.82) is 5.26 Å². The number of hydrogen-bond donors (Lipinski definition) is 1. The third-order valence-electron chi connectivity index (χ3n) is 4.48. The molecule has 0 radical (unpaired) electrons. The molecule has 1 atom stereocenters. The molecule has 0 amide bonds. The van der Waals surface area contributed by atoms with Crippen LogP contribution in [0.1, 0.15) is 21.5 Å². The van der Waals surface area contributed by atoms with Crippen molar-refractivity contribution in [1.82, 2.24) is 0 Å². The van der Waals surface area contributed by atoms with Crippen molar-refractivity contribution in [3.8, 4) is 16.5 Å². The predicted octanol–water partition coefficient (Wildman–Crippen LogP) is 5.91. The molecule has 0 spiro atoms. The van der Waals surface area contributed by atoms with Gasteiger partial charge >= 0.3 is 5.97 Å². The van der Waals surface area contributed by atoms with E-state index in [0.29, 0.717) is 31.6 Å². The van der Waals surface area contributed by atoms with E-state index in [9.17, 15) is 20.0 Å². The second kappa shape index (κ2) is 9.23. The van der Waals surface area contributed by atoms with Crippen LogP contribution in [0, 0.1) is 17.2 Å². The number of carboxylic acid groups (broad SMARTS) is 1. The number of thiophene rings is 1. The summed E-state index contributed by atoms with van der Waals surface area (Å²) in [5.74, 6) is -2.36. The fourth-order valence-electron chi connectivity index (χ4n) is 3.00. The molecule has 2 aromatic carbocycles. The van der Waals surface area contributed by atoms with Crippen molar-refractivity contribution in [2.45, 2.75) is 12.8 Å². The molecule has 0 bridgehead atoms. The van der Waals surface area contributed by atoms with E-state index in [2.05, 4.69) is 0 Å². The molecule has 0 saturated heterocycles. The fraction of sp³-hybridized carbons (Fsp3) is 0.136. The zero-order valence-corrected chi connectivity index (χ0v) is 17.4. The second-order valence-corrected chi connectivity index (χ2v) is 8.12. The number of carbonyl (C=O) groups excluding carboxylic acids is 1. The van der Waals surface area contributed by atoms with Crippen LogP contribution >= 0.6 is 34.5 Å². The van der Waals surface area contributed by atoms with Gasteiger partial charge in [-0.2, -0.15) is 5.26 Å².